The number of hydrogen-bond donors (Lipinski definition) is 1. The predicted octanol–water partition coefficient (Wildman–Crippen LogP) is 8.06. The molecule has 0 saturated carbocycles. The van der Waals surface area contributed by atoms with Crippen molar-refractivity contribution < 1.29 is 5.11 Å². The van der Waals surface area contributed by atoms with E-state index in [2.05, 4.69) is 19.9 Å². The molecule has 0 aliphatic rings. The van der Waals surface area contributed by atoms with Gasteiger partial charge in [-0.05, 0) is 42.9 Å². The van der Waals surface area contributed by atoms with Crippen LogP contribution in [0.25, 0.3) is 0 Å². The molecular formula is C22H38OP. The molecule has 0 aliphatic heterocycles. The Hall–Kier alpha value is -0.550. The second-order valence-electron chi connectivity index (χ2n) is 6.95. The Morgan fingerprint density at radius 2 is 1.17 bits per heavy atom. The van der Waals surface area contributed by atoms with E-state index in [0.717, 1.165) is 12.8 Å². The predicted molar refractivity (Wildman–Crippen MR) is 109 cm³/mol. The monoisotopic (exact) mass is 349 g/mol. The van der Waals surface area contributed by atoms with Gasteiger partial charge in [-0.1, -0.05) is 90.2 Å². The number of aromatic hydroxyl groups is 1. The van der Waals surface area contributed by atoms with E-state index in [1.165, 1.54) is 88.2 Å². The Labute approximate surface area is 154 Å². The summed E-state index contributed by atoms with van der Waals surface area (Å²) >= 11 is 0. The van der Waals surface area contributed by atoms with Crippen molar-refractivity contribution in [1.29, 1.82) is 0 Å². The molecule has 0 amide bonds. The quantitative estimate of drug-likeness (QED) is 0.266. The van der Waals surface area contributed by atoms with Crippen LogP contribution in [-0.4, -0.2) is 5.11 Å². The molecule has 0 heterocycles. The largest absolute Gasteiger partial charge is 0.508 e. The van der Waals surface area contributed by atoms with Crippen molar-refractivity contribution in [2.45, 2.75) is 104 Å². The summed E-state index contributed by atoms with van der Waals surface area (Å²) in [7, 11) is 0. The highest BCUT2D eigenvalue weighted by Gasteiger charge is 2.07. The fraction of sp³-hybridized carbons (Fsp3) is 0.727. The van der Waals surface area contributed by atoms with Crippen LogP contribution >= 0.6 is 9.90 Å². The molecule has 1 N–H and O–H groups in total. The van der Waals surface area contributed by atoms with Gasteiger partial charge in [0.15, 0.2) is 0 Å². The molecule has 1 aromatic carbocycles. The highest BCUT2D eigenvalue weighted by Crippen LogP contribution is 2.25. The lowest BCUT2D eigenvalue weighted by molar-refractivity contribution is 0.464. The van der Waals surface area contributed by atoms with Crippen LogP contribution in [0.2, 0.25) is 0 Å². The van der Waals surface area contributed by atoms with Gasteiger partial charge in [-0.2, -0.15) is 0 Å². The molecule has 1 nitrogen and oxygen atoms in total. The minimum absolute atomic E-state index is 0. The molecule has 1 aromatic rings. The summed E-state index contributed by atoms with van der Waals surface area (Å²) in [6.45, 7) is 4.53. The second kappa shape index (κ2) is 15.9. The lowest BCUT2D eigenvalue weighted by Gasteiger charge is -2.12. The van der Waals surface area contributed by atoms with Crippen molar-refractivity contribution in [1.82, 2.24) is 0 Å². The van der Waals surface area contributed by atoms with E-state index in [1.807, 2.05) is 12.1 Å². The normalized spacial score (nSPS) is 10.6. The van der Waals surface area contributed by atoms with Crippen molar-refractivity contribution in [3.8, 4) is 5.75 Å². The van der Waals surface area contributed by atoms with Gasteiger partial charge in [-0.15, -0.1) is 0 Å². The van der Waals surface area contributed by atoms with Crippen molar-refractivity contribution in [2.24, 2.45) is 0 Å². The third-order valence-electron chi connectivity index (χ3n) is 4.83. The molecule has 3 radical (unpaired) electrons. The molecule has 0 aromatic heterocycles. The topological polar surface area (TPSA) is 20.2 Å². The van der Waals surface area contributed by atoms with Crippen LogP contribution in [-0.2, 0) is 12.8 Å². The Morgan fingerprint density at radius 3 is 1.75 bits per heavy atom. The summed E-state index contributed by atoms with van der Waals surface area (Å²) < 4.78 is 0. The molecule has 0 bridgehead atoms. The summed E-state index contributed by atoms with van der Waals surface area (Å²) in [5.41, 5.74) is 2.60. The summed E-state index contributed by atoms with van der Waals surface area (Å²) in [4.78, 5) is 0. The van der Waals surface area contributed by atoms with Crippen LogP contribution in [0.15, 0.2) is 18.2 Å². The van der Waals surface area contributed by atoms with E-state index in [-0.39, 0.29) is 9.90 Å². The first kappa shape index (κ1) is 23.4. The average Bonchev–Trinajstić information content (AvgIpc) is 2.56. The van der Waals surface area contributed by atoms with E-state index in [9.17, 15) is 5.11 Å². The van der Waals surface area contributed by atoms with Crippen molar-refractivity contribution >= 4 is 9.90 Å². The summed E-state index contributed by atoms with van der Waals surface area (Å²) in [5, 5.41) is 10.2. The number of unbranched alkanes of at least 4 members (excludes halogenated alkanes) is 10. The molecule has 0 atom stereocenters. The third kappa shape index (κ3) is 10.3. The number of hydrogen-bond acceptors (Lipinski definition) is 1. The summed E-state index contributed by atoms with van der Waals surface area (Å²) in [5.74, 6) is 0.516. The number of phenols is 1. The fourth-order valence-corrected chi connectivity index (χ4v) is 3.32. The number of rotatable bonds is 14. The minimum Gasteiger partial charge on any atom is -0.508 e. The van der Waals surface area contributed by atoms with Crippen molar-refractivity contribution in [3.05, 3.63) is 29.3 Å². The Kier molecular flexibility index (Phi) is 15.6. The molecular weight excluding hydrogens is 311 g/mol. The third-order valence-corrected chi connectivity index (χ3v) is 4.83. The smallest absolute Gasteiger partial charge is 0.119 e. The second-order valence-corrected chi connectivity index (χ2v) is 6.95. The highest BCUT2D eigenvalue weighted by atomic mass is 31.0. The van der Waals surface area contributed by atoms with Gasteiger partial charge in [0.05, 0.1) is 0 Å². The van der Waals surface area contributed by atoms with Crippen LogP contribution in [0, 0.1) is 0 Å². The molecule has 0 saturated heterocycles. The van der Waals surface area contributed by atoms with Gasteiger partial charge < -0.3 is 5.11 Å². The van der Waals surface area contributed by atoms with Crippen LogP contribution in [0.1, 0.15) is 102 Å². The van der Waals surface area contributed by atoms with Crippen LogP contribution in [0.5, 0.6) is 5.75 Å². The van der Waals surface area contributed by atoms with Crippen molar-refractivity contribution in [3.63, 3.8) is 0 Å². The zero-order valence-corrected chi connectivity index (χ0v) is 16.9. The van der Waals surface area contributed by atoms with E-state index < -0.39 is 0 Å². The molecule has 0 aliphatic carbocycles. The standard InChI is InChI=1S/C22H38O.P/c1-3-5-7-9-11-13-16-20-17-15-19-22(23)21(20)18-14-12-10-8-6-4-2;/h15,17,19,23H,3-14,16,18H2,1-2H3;. The number of benzene rings is 1. The lowest BCUT2D eigenvalue weighted by atomic mass is 9.95. The minimum atomic E-state index is 0. The Morgan fingerprint density at radius 1 is 0.667 bits per heavy atom. The van der Waals surface area contributed by atoms with Gasteiger partial charge in [0, 0.05) is 9.90 Å². The molecule has 1 rings (SSSR count). The zero-order valence-electron chi connectivity index (χ0n) is 16.0. The average molecular weight is 350 g/mol. The summed E-state index contributed by atoms with van der Waals surface area (Å²) in [6, 6.07) is 6.09. The highest BCUT2D eigenvalue weighted by molar-refractivity contribution is 6.92. The first-order chi connectivity index (χ1) is 11.3. The van der Waals surface area contributed by atoms with Gasteiger partial charge in [-0.3, -0.25) is 0 Å². The maximum absolute atomic E-state index is 10.2. The maximum Gasteiger partial charge on any atom is 0.119 e. The van der Waals surface area contributed by atoms with E-state index in [4.69, 9.17) is 0 Å². The van der Waals surface area contributed by atoms with Crippen molar-refractivity contribution in [2.75, 3.05) is 0 Å². The summed E-state index contributed by atoms with van der Waals surface area (Å²) in [6.07, 6.45) is 18.1. The maximum atomic E-state index is 10.2. The molecule has 24 heavy (non-hydrogen) atoms. The SMILES string of the molecule is CCCCCCCCc1cccc(O)c1CCCCCCCC.[P]. The lowest BCUT2D eigenvalue weighted by Crippen LogP contribution is -1.96. The molecule has 0 unspecified atom stereocenters. The van der Waals surface area contributed by atoms with Crippen LogP contribution < -0.4 is 0 Å². The Balaban J connectivity index is 0.00000529. The van der Waals surface area contributed by atoms with Gasteiger partial charge in [0.1, 0.15) is 5.75 Å². The fourth-order valence-electron chi connectivity index (χ4n) is 3.32. The number of aryl methyl sites for hydroxylation is 1. The number of phenolic OH excluding ortho intramolecular Hbond substituents is 1. The Bertz CT molecular complexity index is 403. The van der Waals surface area contributed by atoms with Crippen LogP contribution in [0.3, 0.4) is 0 Å². The van der Waals surface area contributed by atoms with E-state index in [0.29, 0.717) is 5.75 Å². The van der Waals surface area contributed by atoms with E-state index >= 15 is 0 Å². The molecule has 0 fully saturated rings. The first-order valence-electron chi connectivity index (χ1n) is 10.1. The molecule has 0 spiro atoms. The zero-order chi connectivity index (χ0) is 16.8. The molecule has 137 valence electrons. The van der Waals surface area contributed by atoms with Gasteiger partial charge in [0.25, 0.3) is 0 Å². The molecule has 2 heteroatoms. The van der Waals surface area contributed by atoms with Gasteiger partial charge in [0.2, 0.25) is 0 Å². The van der Waals surface area contributed by atoms with Gasteiger partial charge >= 0.3 is 0 Å². The van der Waals surface area contributed by atoms with E-state index in [1.54, 1.807) is 0 Å². The van der Waals surface area contributed by atoms with Crippen LogP contribution in [0.4, 0.5) is 0 Å². The first-order valence-corrected chi connectivity index (χ1v) is 10.1. The van der Waals surface area contributed by atoms with Gasteiger partial charge in [-0.25, -0.2) is 0 Å².